The van der Waals surface area contributed by atoms with E-state index in [0.717, 1.165) is 22.5 Å². The van der Waals surface area contributed by atoms with Crippen LogP contribution >= 0.6 is 0 Å². The molecule has 3 fully saturated rings. The summed E-state index contributed by atoms with van der Waals surface area (Å²) in [4.78, 5) is 60.5. The number of rotatable bonds is 8. The Labute approximate surface area is 318 Å². The van der Waals surface area contributed by atoms with Gasteiger partial charge >= 0.3 is 0 Å². The van der Waals surface area contributed by atoms with Crippen molar-refractivity contribution >= 4 is 46.4 Å². The average molecular weight is 730 g/mol. The summed E-state index contributed by atoms with van der Waals surface area (Å²) in [5, 5.41) is 15.1. The lowest BCUT2D eigenvalue weighted by Gasteiger charge is -2.49. The van der Waals surface area contributed by atoms with E-state index in [2.05, 4.69) is 5.32 Å². The van der Waals surface area contributed by atoms with Gasteiger partial charge in [0.15, 0.2) is 0 Å². The molecule has 2 aliphatic heterocycles. The van der Waals surface area contributed by atoms with Gasteiger partial charge in [0.25, 0.3) is 0 Å². The number of para-hydroxylation sites is 2. The number of amides is 4. The standard InChI is InChI=1S/C46H39N3O6/c1-46-38(43(52)49(45(46)54)31-15-9-4-10-16-31)26-37-34(41(46)35-22-21-33(25-39(35)50)55-27-28-11-5-2-6-12-28)23-24-36-40(37)44(53)48(42(36)51)32-19-17-30(18-20-32)47-29-13-7-3-8-14-29/h2-23,25,36-38,40-41,47,50H,24,26-27H2,1H3/t36-,37+,38-,40-,41+,46+/m0/s1. The number of nitrogens with one attached hydrogen (secondary N) is 1. The number of hydrogen-bond acceptors (Lipinski definition) is 7. The molecule has 4 amide bonds. The molecule has 274 valence electrons. The summed E-state index contributed by atoms with van der Waals surface area (Å²) in [5.41, 5.74) is 3.64. The maximum atomic E-state index is 14.7. The fourth-order valence-corrected chi connectivity index (χ4v) is 9.42. The van der Waals surface area contributed by atoms with Gasteiger partial charge in [-0.2, -0.15) is 0 Å². The highest BCUT2D eigenvalue weighted by molar-refractivity contribution is 6.25. The zero-order chi connectivity index (χ0) is 37.8. The second-order valence-corrected chi connectivity index (χ2v) is 15.0. The van der Waals surface area contributed by atoms with Crippen LogP contribution in [-0.4, -0.2) is 28.7 Å². The number of nitrogens with zero attached hydrogens (tertiary/aromatic N) is 2. The number of fused-ring (bicyclic) bond motifs is 4. The minimum Gasteiger partial charge on any atom is -0.508 e. The van der Waals surface area contributed by atoms with Gasteiger partial charge in [-0.25, -0.2) is 4.90 Å². The number of phenolic OH excluding ortho intramolecular Hbond substituents is 1. The molecule has 0 unspecified atom stereocenters. The molecule has 9 rings (SSSR count). The van der Waals surface area contributed by atoms with Gasteiger partial charge in [-0.3, -0.25) is 24.1 Å². The second kappa shape index (κ2) is 13.4. The van der Waals surface area contributed by atoms with Gasteiger partial charge in [-0.15, -0.1) is 0 Å². The van der Waals surface area contributed by atoms with Crippen molar-refractivity contribution < 1.29 is 29.0 Å². The van der Waals surface area contributed by atoms with Crippen LogP contribution in [0.4, 0.5) is 22.7 Å². The predicted octanol–water partition coefficient (Wildman–Crippen LogP) is 8.15. The third-order valence-electron chi connectivity index (χ3n) is 12.0. The van der Waals surface area contributed by atoms with Gasteiger partial charge in [-0.05, 0) is 85.8 Å². The van der Waals surface area contributed by atoms with Crippen LogP contribution in [0.3, 0.4) is 0 Å². The van der Waals surface area contributed by atoms with Crippen LogP contribution < -0.4 is 19.9 Å². The first kappa shape index (κ1) is 34.3. The van der Waals surface area contributed by atoms with Crippen LogP contribution in [0.1, 0.15) is 36.8 Å². The van der Waals surface area contributed by atoms with Crippen molar-refractivity contribution in [1.82, 2.24) is 0 Å². The summed E-state index contributed by atoms with van der Waals surface area (Å²) in [6.07, 6.45) is 2.51. The van der Waals surface area contributed by atoms with Gasteiger partial charge in [0.05, 0.1) is 34.5 Å². The summed E-state index contributed by atoms with van der Waals surface area (Å²) < 4.78 is 6.02. The summed E-state index contributed by atoms with van der Waals surface area (Å²) in [6.45, 7) is 2.12. The summed E-state index contributed by atoms with van der Waals surface area (Å²) >= 11 is 0. The Balaban J connectivity index is 1.08. The van der Waals surface area contributed by atoms with Crippen molar-refractivity contribution in [2.75, 3.05) is 15.1 Å². The molecule has 5 aromatic rings. The summed E-state index contributed by atoms with van der Waals surface area (Å²) in [7, 11) is 0. The van der Waals surface area contributed by atoms with E-state index in [1.165, 1.54) is 9.80 Å². The largest absolute Gasteiger partial charge is 0.508 e. The first-order valence-electron chi connectivity index (χ1n) is 18.7. The molecule has 2 N–H and O–H groups in total. The Kier molecular flexibility index (Phi) is 8.37. The number of aromatic hydroxyl groups is 1. The molecule has 0 radical (unpaired) electrons. The van der Waals surface area contributed by atoms with Crippen LogP contribution in [0.25, 0.3) is 0 Å². The molecule has 5 aromatic carbocycles. The molecule has 0 aromatic heterocycles. The number of imide groups is 2. The fourth-order valence-electron chi connectivity index (χ4n) is 9.42. The van der Waals surface area contributed by atoms with Crippen molar-refractivity contribution in [3.05, 3.63) is 156 Å². The van der Waals surface area contributed by atoms with Crippen LogP contribution in [0, 0.1) is 29.1 Å². The Morgan fingerprint density at radius 1 is 0.709 bits per heavy atom. The van der Waals surface area contributed by atoms with E-state index < -0.39 is 35.0 Å². The molecule has 2 aliphatic carbocycles. The monoisotopic (exact) mass is 729 g/mol. The molecule has 0 bridgehead atoms. The normalized spacial score (nSPS) is 25.6. The molecule has 9 heteroatoms. The topological polar surface area (TPSA) is 116 Å². The van der Waals surface area contributed by atoms with Crippen LogP contribution in [0.5, 0.6) is 11.5 Å². The number of hydrogen-bond donors (Lipinski definition) is 2. The minimum absolute atomic E-state index is 0.0720. The van der Waals surface area contributed by atoms with E-state index in [-0.39, 0.29) is 35.8 Å². The Bertz CT molecular complexity index is 2350. The van der Waals surface area contributed by atoms with Crippen molar-refractivity contribution in [2.24, 2.45) is 29.1 Å². The zero-order valence-corrected chi connectivity index (χ0v) is 30.2. The number of benzene rings is 5. The smallest absolute Gasteiger partial charge is 0.241 e. The molecule has 6 atom stereocenters. The third-order valence-corrected chi connectivity index (χ3v) is 12.0. The second-order valence-electron chi connectivity index (χ2n) is 15.0. The third kappa shape index (κ3) is 5.61. The van der Waals surface area contributed by atoms with Gasteiger partial charge in [0.1, 0.15) is 18.1 Å². The Morgan fingerprint density at radius 3 is 2.04 bits per heavy atom. The predicted molar refractivity (Wildman–Crippen MR) is 209 cm³/mol. The van der Waals surface area contributed by atoms with E-state index in [1.807, 2.05) is 91.9 Å². The van der Waals surface area contributed by atoms with Crippen LogP contribution in [0.15, 0.2) is 145 Å². The zero-order valence-electron chi connectivity index (χ0n) is 30.2. The first-order chi connectivity index (χ1) is 26.7. The Hall–Kier alpha value is -6.48. The van der Waals surface area contributed by atoms with E-state index in [0.29, 0.717) is 35.7 Å². The van der Waals surface area contributed by atoms with Gasteiger partial charge in [-0.1, -0.05) is 84.4 Å². The number of anilines is 4. The molecule has 55 heavy (non-hydrogen) atoms. The maximum absolute atomic E-state index is 14.7. The van der Waals surface area contributed by atoms with E-state index in [1.54, 1.807) is 54.6 Å². The SMILES string of the molecule is C[C@@]12C(=O)N(c3ccccc3)C(=O)[C@@H]1C[C@@H]1C(=CC[C@@H]3C(=O)N(c4ccc(Nc5ccccc5)cc4)C(=O)[C@@H]31)[C@@H]2c1ccc(OCc2ccccc2)cc1O. The summed E-state index contributed by atoms with van der Waals surface area (Å²) in [5.74, 6) is -4.33. The lowest BCUT2D eigenvalue weighted by atomic mass is 9.51. The molecule has 9 nitrogen and oxygen atoms in total. The maximum Gasteiger partial charge on any atom is 0.241 e. The minimum atomic E-state index is -1.28. The molecule has 2 heterocycles. The molecular weight excluding hydrogens is 691 g/mol. The van der Waals surface area contributed by atoms with Gasteiger partial charge in [0, 0.05) is 28.9 Å². The fraction of sp³-hybridized carbons (Fsp3) is 0.217. The van der Waals surface area contributed by atoms with Crippen LogP contribution in [-0.2, 0) is 25.8 Å². The molecule has 0 spiro atoms. The molecule has 2 saturated heterocycles. The first-order valence-corrected chi connectivity index (χ1v) is 18.7. The number of carbonyl (C=O) groups is 4. The molecular formula is C46H39N3O6. The van der Waals surface area contributed by atoms with Gasteiger partial charge < -0.3 is 15.2 Å². The number of carbonyl (C=O) groups excluding carboxylic acids is 4. The molecule has 1 saturated carbocycles. The van der Waals surface area contributed by atoms with Crippen molar-refractivity contribution in [3.63, 3.8) is 0 Å². The van der Waals surface area contributed by atoms with Gasteiger partial charge in [0.2, 0.25) is 23.6 Å². The average Bonchev–Trinajstić information content (AvgIpc) is 3.58. The Morgan fingerprint density at radius 2 is 1.35 bits per heavy atom. The van der Waals surface area contributed by atoms with E-state index in [4.69, 9.17) is 4.74 Å². The number of allylic oxidation sites excluding steroid dienone is 2. The van der Waals surface area contributed by atoms with Crippen molar-refractivity contribution in [3.8, 4) is 11.5 Å². The lowest BCUT2D eigenvalue weighted by Crippen LogP contribution is -2.48. The van der Waals surface area contributed by atoms with E-state index >= 15 is 0 Å². The molecule has 4 aliphatic rings. The van der Waals surface area contributed by atoms with Crippen molar-refractivity contribution in [1.29, 1.82) is 0 Å². The van der Waals surface area contributed by atoms with Crippen molar-refractivity contribution in [2.45, 2.75) is 32.3 Å². The number of ether oxygens (including phenoxy) is 1. The highest BCUT2D eigenvalue weighted by atomic mass is 16.5. The number of phenols is 1. The van der Waals surface area contributed by atoms with Crippen LogP contribution in [0.2, 0.25) is 0 Å². The summed E-state index contributed by atoms with van der Waals surface area (Å²) in [6, 6.07) is 40.6. The highest BCUT2D eigenvalue weighted by Gasteiger charge is 2.68. The lowest BCUT2D eigenvalue weighted by molar-refractivity contribution is -0.131. The quantitative estimate of drug-likeness (QED) is 0.122. The van der Waals surface area contributed by atoms with E-state index in [9.17, 15) is 24.3 Å². The highest BCUT2D eigenvalue weighted by Crippen LogP contribution is 2.64.